The predicted octanol–water partition coefficient (Wildman–Crippen LogP) is 2.81. The van der Waals surface area contributed by atoms with Gasteiger partial charge in [0.1, 0.15) is 0 Å². The first-order valence-corrected chi connectivity index (χ1v) is 5.50. The van der Waals surface area contributed by atoms with E-state index in [2.05, 4.69) is 34.6 Å². The molecule has 0 aliphatic carbocycles. The number of ether oxygens (including phenoxy) is 1. The third kappa shape index (κ3) is 4.43. The number of hydrogen-bond acceptors (Lipinski definition) is 2. The highest BCUT2D eigenvalue weighted by Crippen LogP contribution is 2.23. The summed E-state index contributed by atoms with van der Waals surface area (Å²) in [6.07, 6.45) is 0. The zero-order chi connectivity index (χ0) is 11.6. The van der Waals surface area contributed by atoms with E-state index in [0.29, 0.717) is 11.8 Å². The van der Waals surface area contributed by atoms with Crippen LogP contribution in [-0.2, 0) is 4.74 Å². The fraction of sp³-hybridized carbons (Fsp3) is 1.00. The van der Waals surface area contributed by atoms with Gasteiger partial charge in [0.15, 0.2) is 0 Å². The largest absolute Gasteiger partial charge is 0.375 e. The average molecular weight is 201 g/mol. The smallest absolute Gasteiger partial charge is 0.0649 e. The summed E-state index contributed by atoms with van der Waals surface area (Å²) in [6.45, 7) is 15.6. The molecule has 1 unspecified atom stereocenters. The summed E-state index contributed by atoms with van der Waals surface area (Å²) < 4.78 is 5.90. The van der Waals surface area contributed by atoms with E-state index in [-0.39, 0.29) is 11.1 Å². The lowest BCUT2D eigenvalue weighted by molar-refractivity contribution is -0.0699. The van der Waals surface area contributed by atoms with Crippen LogP contribution < -0.4 is 5.73 Å². The Balaban J connectivity index is 4.07. The maximum atomic E-state index is 6.00. The molecule has 86 valence electrons. The molecule has 0 aliphatic rings. The average Bonchev–Trinajstić information content (AvgIpc) is 1.98. The Kier molecular flexibility index (Phi) is 4.60. The molecule has 1 atom stereocenters. The van der Waals surface area contributed by atoms with Gasteiger partial charge in [-0.25, -0.2) is 0 Å². The van der Waals surface area contributed by atoms with Crippen LogP contribution in [0.15, 0.2) is 0 Å². The Hall–Kier alpha value is -0.0800. The molecule has 0 radical (unpaired) electrons. The fourth-order valence-electron chi connectivity index (χ4n) is 0.721. The minimum absolute atomic E-state index is 0.0560. The second kappa shape index (κ2) is 4.63. The Labute approximate surface area is 89.2 Å². The summed E-state index contributed by atoms with van der Waals surface area (Å²) >= 11 is 0. The van der Waals surface area contributed by atoms with Crippen LogP contribution in [0.4, 0.5) is 0 Å². The van der Waals surface area contributed by atoms with Gasteiger partial charge in [0.05, 0.1) is 12.2 Å². The number of hydrogen-bond donors (Lipinski definition) is 1. The summed E-state index contributed by atoms with van der Waals surface area (Å²) in [7, 11) is 0. The Morgan fingerprint density at radius 2 is 1.50 bits per heavy atom. The highest BCUT2D eigenvalue weighted by atomic mass is 16.5. The van der Waals surface area contributed by atoms with E-state index in [1.54, 1.807) is 0 Å². The zero-order valence-corrected chi connectivity index (χ0v) is 10.8. The molecule has 0 aromatic carbocycles. The van der Waals surface area contributed by atoms with Crippen molar-refractivity contribution in [1.82, 2.24) is 0 Å². The van der Waals surface area contributed by atoms with E-state index >= 15 is 0 Å². The van der Waals surface area contributed by atoms with Gasteiger partial charge in [-0.1, -0.05) is 20.8 Å². The molecule has 14 heavy (non-hydrogen) atoms. The van der Waals surface area contributed by atoms with Gasteiger partial charge >= 0.3 is 0 Å². The Morgan fingerprint density at radius 1 is 1.07 bits per heavy atom. The van der Waals surface area contributed by atoms with E-state index in [1.165, 1.54) is 0 Å². The van der Waals surface area contributed by atoms with Gasteiger partial charge in [-0.15, -0.1) is 0 Å². The van der Waals surface area contributed by atoms with Crippen molar-refractivity contribution in [3.05, 3.63) is 0 Å². The topological polar surface area (TPSA) is 35.2 Å². The summed E-state index contributed by atoms with van der Waals surface area (Å²) in [5.41, 5.74) is 5.79. The van der Waals surface area contributed by atoms with Crippen LogP contribution >= 0.6 is 0 Å². The molecule has 0 aromatic rings. The fourth-order valence-corrected chi connectivity index (χ4v) is 0.721. The van der Waals surface area contributed by atoms with Gasteiger partial charge in [-0.3, -0.25) is 0 Å². The van der Waals surface area contributed by atoms with Crippen LogP contribution in [0.25, 0.3) is 0 Å². The van der Waals surface area contributed by atoms with E-state index in [1.807, 2.05) is 13.8 Å². The van der Waals surface area contributed by atoms with Crippen molar-refractivity contribution in [2.24, 2.45) is 17.6 Å². The van der Waals surface area contributed by atoms with Crippen molar-refractivity contribution in [1.29, 1.82) is 0 Å². The maximum Gasteiger partial charge on any atom is 0.0649 e. The van der Waals surface area contributed by atoms with E-state index < -0.39 is 0 Å². The van der Waals surface area contributed by atoms with E-state index in [9.17, 15) is 0 Å². The lowest BCUT2D eigenvalue weighted by Gasteiger charge is -2.34. The third-order valence-corrected chi connectivity index (χ3v) is 3.37. The molecule has 0 bridgehead atoms. The molecule has 0 spiro atoms. The van der Waals surface area contributed by atoms with Gasteiger partial charge in [-0.2, -0.15) is 0 Å². The van der Waals surface area contributed by atoms with Crippen molar-refractivity contribution >= 4 is 0 Å². The van der Waals surface area contributed by atoms with Gasteiger partial charge in [0, 0.05) is 5.54 Å². The SMILES string of the molecule is CC(COC(C)(C)C(C)C)C(C)(C)N. The second-order valence-corrected chi connectivity index (χ2v) is 5.79. The van der Waals surface area contributed by atoms with E-state index in [0.717, 1.165) is 6.61 Å². The second-order valence-electron chi connectivity index (χ2n) is 5.79. The molecule has 0 heterocycles. The summed E-state index contributed by atoms with van der Waals surface area (Å²) in [4.78, 5) is 0. The van der Waals surface area contributed by atoms with Crippen LogP contribution in [0.5, 0.6) is 0 Å². The first-order chi connectivity index (χ1) is 6.07. The zero-order valence-electron chi connectivity index (χ0n) is 10.8. The first kappa shape index (κ1) is 13.9. The quantitative estimate of drug-likeness (QED) is 0.742. The Morgan fingerprint density at radius 3 is 1.79 bits per heavy atom. The highest BCUT2D eigenvalue weighted by molar-refractivity contribution is 4.80. The van der Waals surface area contributed by atoms with Crippen molar-refractivity contribution in [3.63, 3.8) is 0 Å². The van der Waals surface area contributed by atoms with Crippen LogP contribution in [0.3, 0.4) is 0 Å². The number of nitrogens with two attached hydrogens (primary N) is 1. The molecule has 2 nitrogen and oxygen atoms in total. The minimum Gasteiger partial charge on any atom is -0.375 e. The lowest BCUT2D eigenvalue weighted by Crippen LogP contribution is -2.43. The van der Waals surface area contributed by atoms with Crippen molar-refractivity contribution < 1.29 is 4.74 Å². The van der Waals surface area contributed by atoms with Crippen molar-refractivity contribution in [3.8, 4) is 0 Å². The Bertz CT molecular complexity index is 168. The lowest BCUT2D eigenvalue weighted by atomic mass is 9.90. The molecule has 0 saturated heterocycles. The third-order valence-electron chi connectivity index (χ3n) is 3.37. The molecule has 0 rings (SSSR count). The standard InChI is InChI=1S/C12H27NO/c1-9(2)12(6,7)14-8-10(3)11(4,5)13/h9-10H,8,13H2,1-7H3. The van der Waals surface area contributed by atoms with Crippen LogP contribution in [0.1, 0.15) is 48.5 Å². The van der Waals surface area contributed by atoms with Gasteiger partial charge < -0.3 is 10.5 Å². The van der Waals surface area contributed by atoms with Crippen molar-refractivity contribution in [2.45, 2.75) is 59.6 Å². The van der Waals surface area contributed by atoms with Crippen molar-refractivity contribution in [2.75, 3.05) is 6.61 Å². The van der Waals surface area contributed by atoms with Crippen LogP contribution in [0, 0.1) is 11.8 Å². The molecular weight excluding hydrogens is 174 g/mol. The molecule has 0 aromatic heterocycles. The molecule has 2 N–H and O–H groups in total. The van der Waals surface area contributed by atoms with E-state index in [4.69, 9.17) is 10.5 Å². The normalized spacial score (nSPS) is 16.1. The summed E-state index contributed by atoms with van der Waals surface area (Å²) in [6, 6.07) is 0. The van der Waals surface area contributed by atoms with Gasteiger partial charge in [0.2, 0.25) is 0 Å². The van der Waals surface area contributed by atoms with Gasteiger partial charge in [-0.05, 0) is 39.5 Å². The highest BCUT2D eigenvalue weighted by Gasteiger charge is 2.27. The molecular formula is C12H27NO. The number of rotatable bonds is 5. The van der Waals surface area contributed by atoms with Gasteiger partial charge in [0.25, 0.3) is 0 Å². The minimum atomic E-state index is -0.160. The molecule has 2 heteroatoms. The molecule has 0 aliphatic heterocycles. The summed E-state index contributed by atoms with van der Waals surface area (Å²) in [5.74, 6) is 0.899. The molecule has 0 saturated carbocycles. The summed E-state index contributed by atoms with van der Waals surface area (Å²) in [5, 5.41) is 0. The predicted molar refractivity (Wildman–Crippen MR) is 62.3 cm³/mol. The van der Waals surface area contributed by atoms with Crippen LogP contribution in [-0.4, -0.2) is 17.7 Å². The molecule has 0 amide bonds. The van der Waals surface area contributed by atoms with Crippen LogP contribution in [0.2, 0.25) is 0 Å². The monoisotopic (exact) mass is 201 g/mol. The maximum absolute atomic E-state index is 6.00. The molecule has 0 fully saturated rings. The first-order valence-electron chi connectivity index (χ1n) is 5.50.